The van der Waals surface area contributed by atoms with Gasteiger partial charge < -0.3 is 10.2 Å². The molecule has 2 aliphatic rings. The standard InChI is InChI=1S/C20H19ClFN3O3S2/c1-12-3-2-4-14(7-12)25(20-24-17-10-30(27,28)11-18(17)29-20)9-19(26)23-13-5-6-16(22)15(21)8-13/h2-8,17-18H,9-11H2,1H3,(H,23,26). The van der Waals surface area contributed by atoms with Crippen molar-refractivity contribution in [1.29, 1.82) is 0 Å². The van der Waals surface area contributed by atoms with Crippen LogP contribution in [0.25, 0.3) is 0 Å². The van der Waals surface area contributed by atoms with Crippen LogP contribution in [-0.2, 0) is 14.6 Å². The van der Waals surface area contributed by atoms with Crippen LogP contribution in [-0.4, -0.2) is 48.8 Å². The van der Waals surface area contributed by atoms with Crippen molar-refractivity contribution in [3.05, 3.63) is 58.9 Å². The van der Waals surface area contributed by atoms with E-state index in [4.69, 9.17) is 11.6 Å². The van der Waals surface area contributed by atoms with Crippen molar-refractivity contribution in [2.75, 3.05) is 28.3 Å². The zero-order chi connectivity index (χ0) is 21.5. The number of anilines is 2. The number of thioether (sulfide) groups is 1. The summed E-state index contributed by atoms with van der Waals surface area (Å²) in [5.74, 6) is -0.755. The van der Waals surface area contributed by atoms with Crippen molar-refractivity contribution < 1.29 is 17.6 Å². The monoisotopic (exact) mass is 467 g/mol. The molecule has 1 saturated heterocycles. The third-order valence-electron chi connectivity index (χ3n) is 4.85. The number of amides is 1. The summed E-state index contributed by atoms with van der Waals surface area (Å²) < 4.78 is 37.1. The molecule has 0 bridgehead atoms. The first kappa shape index (κ1) is 21.1. The summed E-state index contributed by atoms with van der Waals surface area (Å²) in [5, 5.41) is 3.14. The van der Waals surface area contributed by atoms with Gasteiger partial charge in [0, 0.05) is 16.6 Å². The lowest BCUT2D eigenvalue weighted by Gasteiger charge is -2.24. The topological polar surface area (TPSA) is 78.8 Å². The molecule has 0 radical (unpaired) electrons. The number of carbonyl (C=O) groups is 1. The summed E-state index contributed by atoms with van der Waals surface area (Å²) in [6.07, 6.45) is 0. The number of benzene rings is 2. The number of hydrogen-bond donors (Lipinski definition) is 1. The zero-order valence-electron chi connectivity index (χ0n) is 16.0. The molecule has 1 N–H and O–H groups in total. The van der Waals surface area contributed by atoms with Crippen molar-refractivity contribution >= 4 is 55.6 Å². The van der Waals surface area contributed by atoms with Gasteiger partial charge in [-0.3, -0.25) is 9.79 Å². The largest absolute Gasteiger partial charge is 0.324 e. The van der Waals surface area contributed by atoms with E-state index in [2.05, 4.69) is 10.3 Å². The van der Waals surface area contributed by atoms with Gasteiger partial charge in [-0.1, -0.05) is 35.5 Å². The highest BCUT2D eigenvalue weighted by atomic mass is 35.5. The third-order valence-corrected chi connectivity index (χ3v) is 8.39. The molecule has 1 fully saturated rings. The molecule has 2 atom stereocenters. The molecule has 10 heteroatoms. The minimum atomic E-state index is -3.07. The van der Waals surface area contributed by atoms with Gasteiger partial charge in [0.25, 0.3) is 0 Å². The van der Waals surface area contributed by atoms with Gasteiger partial charge in [-0.15, -0.1) is 0 Å². The van der Waals surface area contributed by atoms with Crippen molar-refractivity contribution in [3.8, 4) is 0 Å². The Labute approximate surface area is 183 Å². The Kier molecular flexibility index (Phi) is 5.78. The summed E-state index contributed by atoms with van der Waals surface area (Å²) in [5.41, 5.74) is 2.20. The van der Waals surface area contributed by atoms with Crippen LogP contribution in [0.1, 0.15) is 5.56 Å². The van der Waals surface area contributed by atoms with Crippen LogP contribution in [0.2, 0.25) is 5.02 Å². The average molecular weight is 468 g/mol. The van der Waals surface area contributed by atoms with Crippen LogP contribution in [0.4, 0.5) is 15.8 Å². The molecule has 1 amide bonds. The smallest absolute Gasteiger partial charge is 0.244 e. The van der Waals surface area contributed by atoms with E-state index in [0.29, 0.717) is 10.9 Å². The van der Waals surface area contributed by atoms with Gasteiger partial charge in [0.1, 0.15) is 12.4 Å². The lowest BCUT2D eigenvalue weighted by Crippen LogP contribution is -2.36. The summed E-state index contributed by atoms with van der Waals surface area (Å²) in [6.45, 7) is 1.92. The Bertz CT molecular complexity index is 1140. The molecule has 2 heterocycles. The van der Waals surface area contributed by atoms with Crippen LogP contribution in [0.3, 0.4) is 0 Å². The summed E-state index contributed by atoms with van der Waals surface area (Å²) in [7, 11) is -3.07. The van der Waals surface area contributed by atoms with E-state index in [-0.39, 0.29) is 40.3 Å². The van der Waals surface area contributed by atoms with Gasteiger partial charge >= 0.3 is 0 Å². The lowest BCUT2D eigenvalue weighted by atomic mass is 10.2. The fourth-order valence-corrected chi connectivity index (χ4v) is 7.41. The summed E-state index contributed by atoms with van der Waals surface area (Å²) >= 11 is 7.18. The molecular formula is C20H19ClFN3O3S2. The predicted octanol–water partition coefficient (Wildman–Crippen LogP) is 3.50. The van der Waals surface area contributed by atoms with Crippen LogP contribution in [0.15, 0.2) is 47.5 Å². The van der Waals surface area contributed by atoms with E-state index in [1.807, 2.05) is 31.2 Å². The minimum absolute atomic E-state index is 0.0313. The van der Waals surface area contributed by atoms with Gasteiger partial charge in [0.05, 0.1) is 22.6 Å². The number of nitrogens with zero attached hydrogens (tertiary/aromatic N) is 2. The van der Waals surface area contributed by atoms with Crippen LogP contribution >= 0.6 is 23.4 Å². The van der Waals surface area contributed by atoms with Crippen molar-refractivity contribution in [2.45, 2.75) is 18.2 Å². The first-order valence-electron chi connectivity index (χ1n) is 9.24. The van der Waals surface area contributed by atoms with Crippen LogP contribution in [0.5, 0.6) is 0 Å². The Hall–Kier alpha value is -2.10. The molecular weight excluding hydrogens is 449 g/mol. The molecule has 0 saturated carbocycles. The fraction of sp³-hybridized carbons (Fsp3) is 0.300. The molecule has 158 valence electrons. The fourth-order valence-electron chi connectivity index (χ4n) is 3.45. The first-order valence-corrected chi connectivity index (χ1v) is 12.3. The van der Waals surface area contributed by atoms with E-state index < -0.39 is 15.7 Å². The molecule has 0 aromatic heterocycles. The second-order valence-corrected chi connectivity index (χ2v) is 11.1. The van der Waals surface area contributed by atoms with Crippen molar-refractivity contribution in [3.63, 3.8) is 0 Å². The Balaban J connectivity index is 1.57. The molecule has 2 aliphatic heterocycles. The number of rotatable bonds is 4. The number of aliphatic imine (C=N–C) groups is 1. The van der Waals surface area contributed by atoms with E-state index in [9.17, 15) is 17.6 Å². The number of hydrogen-bond acceptors (Lipinski definition) is 6. The number of amidine groups is 1. The highest BCUT2D eigenvalue weighted by Crippen LogP contribution is 2.37. The van der Waals surface area contributed by atoms with E-state index in [1.165, 1.54) is 30.0 Å². The summed E-state index contributed by atoms with van der Waals surface area (Å²) in [4.78, 5) is 19.1. The van der Waals surface area contributed by atoms with Crippen molar-refractivity contribution in [1.82, 2.24) is 0 Å². The number of fused-ring (bicyclic) bond motifs is 1. The van der Waals surface area contributed by atoms with E-state index >= 15 is 0 Å². The van der Waals surface area contributed by atoms with Gasteiger partial charge in [-0.2, -0.15) is 0 Å². The molecule has 30 heavy (non-hydrogen) atoms. The summed E-state index contributed by atoms with van der Waals surface area (Å²) in [6, 6.07) is 11.3. The SMILES string of the molecule is Cc1cccc(N(CC(=O)Nc2ccc(F)c(Cl)c2)C2=NC3CS(=O)(=O)CC3S2)c1. The average Bonchev–Trinajstić information content (AvgIpc) is 3.16. The molecule has 0 aliphatic carbocycles. The number of halogens is 2. The maximum absolute atomic E-state index is 13.4. The maximum Gasteiger partial charge on any atom is 0.244 e. The van der Waals surface area contributed by atoms with E-state index in [1.54, 1.807) is 4.90 Å². The normalized spacial score (nSPS) is 21.8. The number of sulfone groups is 1. The molecule has 2 unspecified atom stereocenters. The van der Waals surface area contributed by atoms with Crippen LogP contribution in [0, 0.1) is 12.7 Å². The molecule has 4 rings (SSSR count). The van der Waals surface area contributed by atoms with Gasteiger partial charge in [0.2, 0.25) is 5.91 Å². The highest BCUT2D eigenvalue weighted by Gasteiger charge is 2.44. The molecule has 6 nitrogen and oxygen atoms in total. The van der Waals surface area contributed by atoms with Gasteiger partial charge in [-0.05, 0) is 42.8 Å². The second-order valence-electron chi connectivity index (χ2n) is 7.31. The number of carbonyl (C=O) groups excluding carboxylic acids is 1. The van der Waals surface area contributed by atoms with Crippen LogP contribution < -0.4 is 10.2 Å². The Morgan fingerprint density at radius 3 is 2.80 bits per heavy atom. The number of aryl methyl sites for hydroxylation is 1. The minimum Gasteiger partial charge on any atom is -0.324 e. The molecule has 0 spiro atoms. The molecule has 2 aromatic rings. The predicted molar refractivity (Wildman–Crippen MR) is 120 cm³/mol. The van der Waals surface area contributed by atoms with Crippen molar-refractivity contribution in [2.24, 2.45) is 4.99 Å². The maximum atomic E-state index is 13.4. The number of nitrogens with one attached hydrogen (secondary N) is 1. The molecule has 2 aromatic carbocycles. The zero-order valence-corrected chi connectivity index (χ0v) is 18.4. The van der Waals surface area contributed by atoms with Gasteiger partial charge in [0.15, 0.2) is 15.0 Å². The lowest BCUT2D eigenvalue weighted by molar-refractivity contribution is -0.114. The highest BCUT2D eigenvalue weighted by molar-refractivity contribution is 8.15. The van der Waals surface area contributed by atoms with E-state index in [0.717, 1.165) is 11.3 Å². The Morgan fingerprint density at radius 1 is 1.30 bits per heavy atom. The Morgan fingerprint density at radius 2 is 2.10 bits per heavy atom. The first-order chi connectivity index (χ1) is 14.2. The quantitative estimate of drug-likeness (QED) is 0.744. The third kappa shape index (κ3) is 4.63. The second kappa shape index (κ2) is 8.20. The van der Waals surface area contributed by atoms with Gasteiger partial charge in [-0.25, -0.2) is 12.8 Å².